The van der Waals surface area contributed by atoms with Gasteiger partial charge in [0.25, 0.3) is 0 Å². The third-order valence-electron chi connectivity index (χ3n) is 12.1. The van der Waals surface area contributed by atoms with E-state index in [1.807, 2.05) is 0 Å². The van der Waals surface area contributed by atoms with Gasteiger partial charge in [0.1, 0.15) is 5.01 Å². The standard InChI is InChI=1S/C52H35N3S/c1-52(2)43-22-11-9-20-38(43)39-26-24-37(30-44(39)52)54(35-19-13-18-34(28-35)32-14-5-3-6-15-32)36-25-27-47-41(29-36)42-31-45-50(56-51(53-45)33-16-7-4-8-17-33)48-40-21-10-12-23-46(40)55(47)49(42)48/h3-31H,1-2H3. The summed E-state index contributed by atoms with van der Waals surface area (Å²) in [5.41, 5.74) is 17.0. The van der Waals surface area contributed by atoms with Gasteiger partial charge in [-0.2, -0.15) is 0 Å². The molecule has 1 aliphatic carbocycles. The van der Waals surface area contributed by atoms with Gasteiger partial charge in [-0.1, -0.05) is 135 Å². The van der Waals surface area contributed by atoms with E-state index in [0.29, 0.717) is 0 Å². The van der Waals surface area contributed by atoms with Gasteiger partial charge in [0.05, 0.1) is 26.8 Å². The normalized spacial score (nSPS) is 13.3. The van der Waals surface area contributed by atoms with Crippen molar-refractivity contribution in [2.75, 3.05) is 4.90 Å². The first-order valence-corrected chi connectivity index (χ1v) is 20.1. The van der Waals surface area contributed by atoms with E-state index in [0.717, 1.165) is 33.1 Å². The van der Waals surface area contributed by atoms with Crippen LogP contribution in [-0.2, 0) is 5.41 Å². The predicted molar refractivity (Wildman–Crippen MR) is 237 cm³/mol. The number of aromatic nitrogens is 2. The molecule has 0 atom stereocenters. The van der Waals surface area contributed by atoms with Gasteiger partial charge in [0, 0.05) is 49.6 Å². The van der Waals surface area contributed by atoms with Crippen LogP contribution in [0.5, 0.6) is 0 Å². The Bertz CT molecular complexity index is 3340. The molecule has 0 bridgehead atoms. The number of thiazole rings is 1. The average Bonchev–Trinajstić information content (AvgIpc) is 3.98. The fourth-order valence-corrected chi connectivity index (χ4v) is 10.6. The van der Waals surface area contributed by atoms with Gasteiger partial charge < -0.3 is 9.30 Å². The summed E-state index contributed by atoms with van der Waals surface area (Å²) in [5.74, 6) is 0. The molecule has 0 unspecified atom stereocenters. The molecule has 0 aliphatic heterocycles. The van der Waals surface area contributed by atoms with Crippen LogP contribution >= 0.6 is 11.3 Å². The van der Waals surface area contributed by atoms with Crippen LogP contribution in [0.2, 0.25) is 0 Å². The summed E-state index contributed by atoms with van der Waals surface area (Å²) >= 11 is 1.80. The SMILES string of the molecule is CC1(C)c2ccccc2-c2ccc(N(c3cccc(-c4ccccc4)c3)c3ccc4c(c3)c3cc5nc(-c6ccccc6)sc5c5c6ccccc6n4c35)cc21. The number of para-hydroxylation sites is 1. The van der Waals surface area contributed by atoms with Crippen molar-refractivity contribution in [1.82, 2.24) is 9.38 Å². The Morgan fingerprint density at radius 2 is 1.16 bits per heavy atom. The summed E-state index contributed by atoms with van der Waals surface area (Å²) in [5, 5.41) is 6.07. The fraction of sp³-hybridized carbons (Fsp3) is 0.0577. The number of hydrogen-bond acceptors (Lipinski definition) is 3. The Morgan fingerprint density at radius 3 is 2.02 bits per heavy atom. The summed E-state index contributed by atoms with van der Waals surface area (Å²) in [6.45, 7) is 4.72. The first-order chi connectivity index (χ1) is 27.5. The molecule has 0 saturated heterocycles. The lowest BCUT2D eigenvalue weighted by Gasteiger charge is -2.28. The topological polar surface area (TPSA) is 20.5 Å². The highest BCUT2D eigenvalue weighted by Gasteiger charge is 2.36. The second-order valence-electron chi connectivity index (χ2n) is 15.6. The second-order valence-corrected chi connectivity index (χ2v) is 16.6. The number of hydrogen-bond donors (Lipinski definition) is 0. The zero-order valence-electron chi connectivity index (χ0n) is 31.0. The molecule has 11 aromatic rings. The molecule has 0 spiro atoms. The smallest absolute Gasteiger partial charge is 0.124 e. The van der Waals surface area contributed by atoms with Crippen molar-refractivity contribution in [2.45, 2.75) is 19.3 Å². The minimum Gasteiger partial charge on any atom is -0.310 e. The van der Waals surface area contributed by atoms with Crippen LogP contribution in [0.25, 0.3) is 81.1 Å². The quantitative estimate of drug-likeness (QED) is 0.176. The van der Waals surface area contributed by atoms with Gasteiger partial charge in [0.15, 0.2) is 0 Å². The Labute approximate surface area is 328 Å². The van der Waals surface area contributed by atoms with Crippen molar-refractivity contribution in [3.63, 3.8) is 0 Å². The number of anilines is 3. The third kappa shape index (κ3) is 4.42. The minimum atomic E-state index is -0.116. The van der Waals surface area contributed by atoms with Gasteiger partial charge in [-0.25, -0.2) is 4.98 Å². The van der Waals surface area contributed by atoms with Gasteiger partial charge in [-0.15, -0.1) is 11.3 Å². The largest absolute Gasteiger partial charge is 0.310 e. The van der Waals surface area contributed by atoms with E-state index in [9.17, 15) is 0 Å². The third-order valence-corrected chi connectivity index (χ3v) is 13.3. The second kappa shape index (κ2) is 11.6. The maximum Gasteiger partial charge on any atom is 0.124 e. The molecule has 3 aromatic heterocycles. The van der Waals surface area contributed by atoms with E-state index in [2.05, 4.69) is 199 Å². The maximum atomic E-state index is 5.28. The molecule has 4 heteroatoms. The summed E-state index contributed by atoms with van der Waals surface area (Å²) in [6, 6.07) is 64.4. The van der Waals surface area contributed by atoms with Crippen LogP contribution in [0.3, 0.4) is 0 Å². The Balaban J connectivity index is 1.12. The van der Waals surface area contributed by atoms with Crippen LogP contribution in [-0.4, -0.2) is 9.38 Å². The van der Waals surface area contributed by atoms with Gasteiger partial charge >= 0.3 is 0 Å². The predicted octanol–water partition coefficient (Wildman–Crippen LogP) is 14.6. The molecule has 56 heavy (non-hydrogen) atoms. The Morgan fingerprint density at radius 1 is 0.500 bits per heavy atom. The molecule has 0 N–H and O–H groups in total. The zero-order chi connectivity index (χ0) is 37.1. The van der Waals surface area contributed by atoms with E-state index in [4.69, 9.17) is 4.98 Å². The number of rotatable bonds is 5. The van der Waals surface area contributed by atoms with E-state index in [1.165, 1.54) is 76.2 Å². The summed E-state index contributed by atoms with van der Waals surface area (Å²) < 4.78 is 3.72. The lowest BCUT2D eigenvalue weighted by Crippen LogP contribution is -2.16. The molecule has 8 aromatic carbocycles. The number of nitrogens with zero attached hydrogens (tertiary/aromatic N) is 3. The zero-order valence-corrected chi connectivity index (χ0v) is 31.8. The first-order valence-electron chi connectivity index (χ1n) is 19.3. The number of benzene rings is 8. The summed E-state index contributed by atoms with van der Waals surface area (Å²) in [7, 11) is 0. The molecule has 0 radical (unpaired) electrons. The minimum absolute atomic E-state index is 0.116. The summed E-state index contributed by atoms with van der Waals surface area (Å²) in [6.07, 6.45) is 0. The molecule has 12 rings (SSSR count). The van der Waals surface area contributed by atoms with Crippen molar-refractivity contribution in [1.29, 1.82) is 0 Å². The monoisotopic (exact) mass is 733 g/mol. The van der Waals surface area contributed by atoms with Crippen LogP contribution in [0.1, 0.15) is 25.0 Å². The van der Waals surface area contributed by atoms with Gasteiger partial charge in [-0.3, -0.25) is 0 Å². The van der Waals surface area contributed by atoms with Crippen molar-refractivity contribution < 1.29 is 0 Å². The lowest BCUT2D eigenvalue weighted by atomic mass is 9.82. The van der Waals surface area contributed by atoms with E-state index in [-0.39, 0.29) is 5.41 Å². The van der Waals surface area contributed by atoms with Crippen LogP contribution < -0.4 is 4.90 Å². The van der Waals surface area contributed by atoms with Crippen LogP contribution in [0.15, 0.2) is 176 Å². The van der Waals surface area contributed by atoms with Crippen molar-refractivity contribution >= 4 is 76.7 Å². The molecular weight excluding hydrogens is 699 g/mol. The molecule has 264 valence electrons. The fourth-order valence-electron chi connectivity index (χ4n) is 9.51. The molecule has 1 aliphatic rings. The van der Waals surface area contributed by atoms with Crippen LogP contribution in [0, 0.1) is 0 Å². The average molecular weight is 734 g/mol. The Kier molecular flexibility index (Phi) is 6.56. The lowest BCUT2D eigenvalue weighted by molar-refractivity contribution is 0.660. The van der Waals surface area contributed by atoms with Gasteiger partial charge in [0.2, 0.25) is 0 Å². The highest BCUT2D eigenvalue weighted by atomic mass is 32.1. The van der Waals surface area contributed by atoms with Gasteiger partial charge in [-0.05, 0) is 88.0 Å². The highest BCUT2D eigenvalue weighted by molar-refractivity contribution is 7.22. The maximum absolute atomic E-state index is 5.28. The number of fused-ring (bicyclic) bond motifs is 11. The van der Waals surface area contributed by atoms with Crippen LogP contribution in [0.4, 0.5) is 17.1 Å². The van der Waals surface area contributed by atoms with E-state index < -0.39 is 0 Å². The molecule has 0 amide bonds. The molecule has 0 saturated carbocycles. The first kappa shape index (κ1) is 31.6. The van der Waals surface area contributed by atoms with Crippen molar-refractivity contribution in [2.24, 2.45) is 0 Å². The molecule has 3 nitrogen and oxygen atoms in total. The molecular formula is C52H35N3S. The van der Waals surface area contributed by atoms with Crippen molar-refractivity contribution in [3.05, 3.63) is 187 Å². The van der Waals surface area contributed by atoms with E-state index >= 15 is 0 Å². The van der Waals surface area contributed by atoms with Crippen molar-refractivity contribution in [3.8, 4) is 32.8 Å². The van der Waals surface area contributed by atoms with E-state index in [1.54, 1.807) is 11.3 Å². The molecule has 3 heterocycles. The highest BCUT2D eigenvalue weighted by Crippen LogP contribution is 2.52. The Hall–Kier alpha value is -6.75. The molecule has 0 fully saturated rings. The summed E-state index contributed by atoms with van der Waals surface area (Å²) in [4.78, 5) is 7.73.